The van der Waals surface area contributed by atoms with Crippen LogP contribution in [-0.4, -0.2) is 14.8 Å². The van der Waals surface area contributed by atoms with E-state index in [-0.39, 0.29) is 0 Å². The molecule has 0 spiro atoms. The fraction of sp³-hybridized carbons (Fsp3) is 0.250. The van der Waals surface area contributed by atoms with Gasteiger partial charge in [-0.05, 0) is 54.8 Å². The fourth-order valence-electron chi connectivity index (χ4n) is 4.25. The normalized spacial score (nSPS) is 14.6. The number of hydrogen-bond donors (Lipinski definition) is 0. The lowest BCUT2D eigenvalue weighted by atomic mass is 10.1. The minimum absolute atomic E-state index is 0.538. The number of rotatable bonds is 5. The first kappa shape index (κ1) is 17.0. The first-order valence-corrected chi connectivity index (χ1v) is 10.1. The molecule has 1 saturated carbocycles. The van der Waals surface area contributed by atoms with E-state index in [1.165, 1.54) is 53.5 Å². The molecule has 0 atom stereocenters. The zero-order valence-electron chi connectivity index (χ0n) is 15.9. The van der Waals surface area contributed by atoms with Gasteiger partial charge in [0.2, 0.25) is 0 Å². The summed E-state index contributed by atoms with van der Waals surface area (Å²) < 4.78 is 2.25. The Balaban J connectivity index is 1.57. The second-order valence-electron chi connectivity index (χ2n) is 7.55. The van der Waals surface area contributed by atoms with Crippen molar-refractivity contribution in [1.29, 1.82) is 0 Å². The van der Waals surface area contributed by atoms with Crippen molar-refractivity contribution in [1.82, 2.24) is 14.8 Å². The zero-order valence-corrected chi connectivity index (χ0v) is 15.9. The van der Waals surface area contributed by atoms with Crippen LogP contribution in [-0.2, 0) is 6.54 Å². The molecular formula is C24H24N4. The lowest BCUT2D eigenvalue weighted by Gasteiger charge is -2.25. The second-order valence-corrected chi connectivity index (χ2v) is 7.55. The summed E-state index contributed by atoms with van der Waals surface area (Å²) in [5.74, 6) is 0. The van der Waals surface area contributed by atoms with Crippen molar-refractivity contribution in [3.63, 3.8) is 0 Å². The predicted octanol–water partition coefficient (Wildman–Crippen LogP) is 5.88. The lowest BCUT2D eigenvalue weighted by molar-refractivity contribution is 0.482. The molecule has 0 unspecified atom stereocenters. The average Bonchev–Trinajstić information content (AvgIpc) is 3.42. The van der Waals surface area contributed by atoms with Crippen LogP contribution in [0.2, 0.25) is 0 Å². The smallest absolute Gasteiger partial charge is 0.0706 e. The summed E-state index contributed by atoms with van der Waals surface area (Å²) in [6, 6.07) is 21.9. The Morgan fingerprint density at radius 2 is 1.75 bits per heavy atom. The lowest BCUT2D eigenvalue weighted by Crippen LogP contribution is -2.16. The number of nitrogens with zero attached hydrogens (tertiary/aromatic N) is 4. The summed E-state index contributed by atoms with van der Waals surface area (Å²) in [5.41, 5.74) is 4.78. The average molecular weight is 368 g/mol. The van der Waals surface area contributed by atoms with Crippen molar-refractivity contribution in [3.8, 4) is 0 Å². The molecular weight excluding hydrogens is 344 g/mol. The van der Waals surface area contributed by atoms with Gasteiger partial charge < -0.3 is 4.90 Å². The van der Waals surface area contributed by atoms with Gasteiger partial charge in [0.05, 0.1) is 17.8 Å². The van der Waals surface area contributed by atoms with Crippen LogP contribution < -0.4 is 4.90 Å². The Bertz CT molecular complexity index is 1050. The molecule has 140 valence electrons. The molecule has 4 aromatic rings. The van der Waals surface area contributed by atoms with Crippen LogP contribution in [0.1, 0.15) is 37.3 Å². The van der Waals surface area contributed by atoms with Crippen LogP contribution in [0, 0.1) is 0 Å². The maximum Gasteiger partial charge on any atom is 0.0706 e. The predicted molar refractivity (Wildman–Crippen MR) is 114 cm³/mol. The Hall–Kier alpha value is -3.14. The molecule has 0 amide bonds. The number of para-hydroxylation sites is 1. The van der Waals surface area contributed by atoms with Crippen molar-refractivity contribution in [2.24, 2.45) is 0 Å². The summed E-state index contributed by atoms with van der Waals surface area (Å²) in [5, 5.41) is 5.94. The highest BCUT2D eigenvalue weighted by Gasteiger charge is 2.20. The maximum atomic E-state index is 4.72. The second kappa shape index (κ2) is 7.47. The van der Waals surface area contributed by atoms with Gasteiger partial charge in [-0.3, -0.25) is 9.67 Å². The van der Waals surface area contributed by atoms with E-state index in [1.807, 2.05) is 24.7 Å². The monoisotopic (exact) mass is 368 g/mol. The van der Waals surface area contributed by atoms with Crippen molar-refractivity contribution < 1.29 is 0 Å². The molecule has 0 aliphatic heterocycles. The largest absolute Gasteiger partial charge is 0.337 e. The highest BCUT2D eigenvalue weighted by Crippen LogP contribution is 2.34. The molecule has 1 fully saturated rings. The van der Waals surface area contributed by atoms with Crippen LogP contribution in [0.25, 0.3) is 10.9 Å². The summed E-state index contributed by atoms with van der Waals surface area (Å²) in [4.78, 5) is 6.64. The SMILES string of the molecule is c1ccc(N(Cc2cccnc2)c2ccc3cnn(C4CCCC4)c3c2)cc1. The molecule has 0 saturated heterocycles. The first-order chi connectivity index (χ1) is 13.9. The van der Waals surface area contributed by atoms with Crippen molar-refractivity contribution in [3.05, 3.63) is 84.8 Å². The molecule has 2 heterocycles. The maximum absolute atomic E-state index is 4.72. The Labute approximate surface area is 165 Å². The Morgan fingerprint density at radius 1 is 0.893 bits per heavy atom. The quantitative estimate of drug-likeness (QED) is 0.441. The minimum Gasteiger partial charge on any atom is -0.337 e. The van der Waals surface area contributed by atoms with Gasteiger partial charge in [0.25, 0.3) is 0 Å². The molecule has 4 nitrogen and oxygen atoms in total. The highest BCUT2D eigenvalue weighted by molar-refractivity contribution is 5.84. The Kier molecular flexibility index (Phi) is 4.53. The van der Waals surface area contributed by atoms with Crippen molar-refractivity contribution in [2.75, 3.05) is 4.90 Å². The molecule has 0 N–H and O–H groups in total. The van der Waals surface area contributed by atoms with E-state index in [2.05, 4.69) is 69.2 Å². The molecule has 0 radical (unpaired) electrons. The summed E-state index contributed by atoms with van der Waals surface area (Å²) in [6.07, 6.45) is 10.9. The van der Waals surface area contributed by atoms with Gasteiger partial charge in [-0.25, -0.2) is 0 Å². The number of fused-ring (bicyclic) bond motifs is 1. The van der Waals surface area contributed by atoms with Gasteiger partial charge in [-0.1, -0.05) is 37.1 Å². The summed E-state index contributed by atoms with van der Waals surface area (Å²) >= 11 is 0. The number of anilines is 2. The van der Waals surface area contributed by atoms with E-state index in [4.69, 9.17) is 5.10 Å². The van der Waals surface area contributed by atoms with Crippen molar-refractivity contribution >= 4 is 22.3 Å². The van der Waals surface area contributed by atoms with Crippen molar-refractivity contribution in [2.45, 2.75) is 38.3 Å². The van der Waals surface area contributed by atoms with Gasteiger partial charge in [0, 0.05) is 35.7 Å². The molecule has 0 bridgehead atoms. The van der Waals surface area contributed by atoms with E-state index in [1.54, 1.807) is 0 Å². The third-order valence-corrected chi connectivity index (χ3v) is 5.70. The molecule has 5 rings (SSSR count). The van der Waals surface area contributed by atoms with Crippen LogP contribution in [0.5, 0.6) is 0 Å². The topological polar surface area (TPSA) is 34.0 Å². The van der Waals surface area contributed by atoms with Crippen LogP contribution >= 0.6 is 0 Å². The van der Waals surface area contributed by atoms with Crippen LogP contribution in [0.15, 0.2) is 79.3 Å². The highest BCUT2D eigenvalue weighted by atomic mass is 15.3. The minimum atomic E-state index is 0.538. The van der Waals surface area contributed by atoms with E-state index in [9.17, 15) is 0 Å². The third kappa shape index (κ3) is 3.26. The van der Waals surface area contributed by atoms with Gasteiger partial charge in [-0.15, -0.1) is 0 Å². The van der Waals surface area contributed by atoms with E-state index in [0.717, 1.165) is 6.54 Å². The molecule has 2 aromatic carbocycles. The van der Waals surface area contributed by atoms with E-state index >= 15 is 0 Å². The molecule has 4 heteroatoms. The molecule has 1 aliphatic rings. The van der Waals surface area contributed by atoms with E-state index in [0.29, 0.717) is 6.04 Å². The molecule has 2 aromatic heterocycles. The fourth-order valence-corrected chi connectivity index (χ4v) is 4.25. The number of hydrogen-bond acceptors (Lipinski definition) is 3. The molecule has 1 aliphatic carbocycles. The van der Waals surface area contributed by atoms with Gasteiger partial charge in [-0.2, -0.15) is 5.10 Å². The Morgan fingerprint density at radius 3 is 2.54 bits per heavy atom. The van der Waals surface area contributed by atoms with Gasteiger partial charge >= 0.3 is 0 Å². The molecule has 28 heavy (non-hydrogen) atoms. The summed E-state index contributed by atoms with van der Waals surface area (Å²) in [6.45, 7) is 0.779. The van der Waals surface area contributed by atoms with E-state index < -0.39 is 0 Å². The van der Waals surface area contributed by atoms with Gasteiger partial charge in [0.15, 0.2) is 0 Å². The number of pyridine rings is 1. The number of benzene rings is 2. The zero-order chi connectivity index (χ0) is 18.8. The van der Waals surface area contributed by atoms with Crippen LogP contribution in [0.3, 0.4) is 0 Å². The summed E-state index contributed by atoms with van der Waals surface area (Å²) in [7, 11) is 0. The van der Waals surface area contributed by atoms with Gasteiger partial charge in [0.1, 0.15) is 0 Å². The standard InChI is InChI=1S/C24H24N4/c1-2-8-21(9-3-1)27(18-19-7-6-14-25-16-19)23-13-12-20-17-26-28(24(20)15-23)22-10-4-5-11-22/h1-3,6-9,12-17,22H,4-5,10-11,18H2. The van der Waals surface area contributed by atoms with Crippen LogP contribution in [0.4, 0.5) is 11.4 Å². The third-order valence-electron chi connectivity index (χ3n) is 5.70. The number of aromatic nitrogens is 3. The first-order valence-electron chi connectivity index (χ1n) is 10.1.